The van der Waals surface area contributed by atoms with Gasteiger partial charge in [0.1, 0.15) is 5.69 Å². The molecule has 0 atom stereocenters. The second-order valence-electron chi connectivity index (χ2n) is 7.65. The van der Waals surface area contributed by atoms with E-state index < -0.39 is 10.5 Å². The Labute approximate surface area is 191 Å². The summed E-state index contributed by atoms with van der Waals surface area (Å²) in [5.41, 5.74) is 0.754. The summed E-state index contributed by atoms with van der Waals surface area (Å²) in [6.45, 7) is 1.16. The van der Waals surface area contributed by atoms with E-state index in [0.717, 1.165) is 12.0 Å². The monoisotopic (exact) mass is 456 g/mol. The Kier molecular flexibility index (Phi) is 4.47. The molecule has 34 heavy (non-hydrogen) atoms. The van der Waals surface area contributed by atoms with E-state index >= 15 is 0 Å². The van der Waals surface area contributed by atoms with Crippen molar-refractivity contribution in [2.24, 2.45) is 0 Å². The topological polar surface area (TPSA) is 127 Å². The first kappa shape index (κ1) is 19.9. The van der Waals surface area contributed by atoms with Crippen LogP contribution in [-0.4, -0.2) is 42.3 Å². The van der Waals surface area contributed by atoms with Crippen molar-refractivity contribution < 1.29 is 14.4 Å². The Balaban J connectivity index is 1.49. The van der Waals surface area contributed by atoms with Gasteiger partial charge >= 0.3 is 0 Å². The molecular formula is C23H16N6O5. The number of nitro groups is 1. The van der Waals surface area contributed by atoms with Crippen LogP contribution in [0.15, 0.2) is 65.7 Å². The lowest BCUT2D eigenvalue weighted by molar-refractivity contribution is -0.384. The number of benzene rings is 2. The first-order chi connectivity index (χ1) is 16.6. The minimum atomic E-state index is -0.521. The van der Waals surface area contributed by atoms with E-state index in [1.54, 1.807) is 18.2 Å². The number of aromatic nitrogens is 5. The number of hydrogen-bond donors (Lipinski definition) is 0. The van der Waals surface area contributed by atoms with Crippen molar-refractivity contribution in [3.05, 3.63) is 81.4 Å². The van der Waals surface area contributed by atoms with Crippen molar-refractivity contribution in [3.63, 3.8) is 0 Å². The third-order valence-corrected chi connectivity index (χ3v) is 5.58. The quantitative estimate of drug-likeness (QED) is 0.299. The van der Waals surface area contributed by atoms with Crippen LogP contribution in [0.4, 0.5) is 5.69 Å². The van der Waals surface area contributed by atoms with Gasteiger partial charge in [-0.2, -0.15) is 9.50 Å². The van der Waals surface area contributed by atoms with E-state index in [-0.39, 0.29) is 16.8 Å². The highest BCUT2D eigenvalue weighted by Gasteiger charge is 2.19. The van der Waals surface area contributed by atoms with Gasteiger partial charge in [0.2, 0.25) is 0 Å². The second-order valence-corrected chi connectivity index (χ2v) is 7.65. The predicted molar refractivity (Wildman–Crippen MR) is 122 cm³/mol. The van der Waals surface area contributed by atoms with Crippen molar-refractivity contribution in [1.82, 2.24) is 24.1 Å². The predicted octanol–water partition coefficient (Wildman–Crippen LogP) is 3.16. The average Bonchev–Trinajstić information content (AvgIpc) is 3.16. The molecule has 1 aliphatic heterocycles. The molecule has 168 valence electrons. The highest BCUT2D eigenvalue weighted by molar-refractivity contribution is 5.80. The first-order valence-corrected chi connectivity index (χ1v) is 10.5. The van der Waals surface area contributed by atoms with Crippen molar-refractivity contribution in [1.29, 1.82) is 0 Å². The number of ether oxygens (including phenoxy) is 2. The fourth-order valence-electron chi connectivity index (χ4n) is 3.96. The smallest absolute Gasteiger partial charge is 0.293 e. The van der Waals surface area contributed by atoms with Crippen LogP contribution in [0, 0.1) is 10.1 Å². The molecule has 0 unspecified atom stereocenters. The van der Waals surface area contributed by atoms with Crippen molar-refractivity contribution >= 4 is 22.4 Å². The molecule has 5 aromatic rings. The van der Waals surface area contributed by atoms with E-state index in [9.17, 15) is 14.9 Å². The SMILES string of the molecule is O=c1c2cnc3nc(-c4ccc5c(c4)OCCCO5)nn3c2ccn1-c1ccccc1[N+](=O)[O-]. The fraction of sp³-hybridized carbons (Fsp3) is 0.130. The molecule has 0 spiro atoms. The number of nitro benzene ring substituents is 1. The summed E-state index contributed by atoms with van der Waals surface area (Å²) in [6.07, 6.45) is 3.70. The van der Waals surface area contributed by atoms with Gasteiger partial charge in [0.05, 0.1) is 29.0 Å². The fourth-order valence-corrected chi connectivity index (χ4v) is 3.96. The van der Waals surface area contributed by atoms with Gasteiger partial charge in [-0.3, -0.25) is 19.5 Å². The van der Waals surface area contributed by atoms with Crippen LogP contribution in [0.1, 0.15) is 6.42 Å². The van der Waals surface area contributed by atoms with Gasteiger partial charge in [-0.05, 0) is 30.3 Å². The minimum Gasteiger partial charge on any atom is -0.490 e. The summed E-state index contributed by atoms with van der Waals surface area (Å²) in [6, 6.07) is 13.2. The Morgan fingerprint density at radius 1 is 1.03 bits per heavy atom. The van der Waals surface area contributed by atoms with E-state index in [2.05, 4.69) is 15.1 Å². The van der Waals surface area contributed by atoms with Gasteiger partial charge in [-0.25, -0.2) is 4.98 Å². The van der Waals surface area contributed by atoms with E-state index in [4.69, 9.17) is 9.47 Å². The van der Waals surface area contributed by atoms with Gasteiger partial charge < -0.3 is 9.47 Å². The molecule has 0 amide bonds. The molecule has 0 saturated heterocycles. The van der Waals surface area contributed by atoms with E-state index in [1.807, 2.05) is 18.2 Å². The third kappa shape index (κ3) is 3.13. The normalized spacial score (nSPS) is 13.2. The average molecular weight is 456 g/mol. The van der Waals surface area contributed by atoms with Crippen LogP contribution in [0.25, 0.3) is 33.8 Å². The molecule has 0 radical (unpaired) electrons. The van der Waals surface area contributed by atoms with Crippen LogP contribution in [0.3, 0.4) is 0 Å². The summed E-state index contributed by atoms with van der Waals surface area (Å²) in [7, 11) is 0. The number of nitrogens with zero attached hydrogens (tertiary/aromatic N) is 6. The summed E-state index contributed by atoms with van der Waals surface area (Å²) < 4.78 is 14.2. The molecule has 4 heterocycles. The van der Waals surface area contributed by atoms with Gasteiger partial charge in [-0.15, -0.1) is 5.10 Å². The highest BCUT2D eigenvalue weighted by Crippen LogP contribution is 2.33. The van der Waals surface area contributed by atoms with Gasteiger partial charge in [0.15, 0.2) is 17.3 Å². The Morgan fingerprint density at radius 3 is 2.71 bits per heavy atom. The molecule has 6 rings (SSSR count). The van der Waals surface area contributed by atoms with Crippen LogP contribution < -0.4 is 15.0 Å². The Bertz CT molecular complexity index is 1660. The van der Waals surface area contributed by atoms with Crippen molar-refractivity contribution in [2.75, 3.05) is 13.2 Å². The number of hydrogen-bond acceptors (Lipinski definition) is 8. The summed E-state index contributed by atoms with van der Waals surface area (Å²) in [5.74, 6) is 2.03. The summed E-state index contributed by atoms with van der Waals surface area (Å²) >= 11 is 0. The lowest BCUT2D eigenvalue weighted by atomic mass is 10.2. The Morgan fingerprint density at radius 2 is 1.85 bits per heavy atom. The molecule has 3 aromatic heterocycles. The van der Waals surface area contributed by atoms with Crippen LogP contribution >= 0.6 is 0 Å². The van der Waals surface area contributed by atoms with Crippen LogP contribution in [-0.2, 0) is 0 Å². The van der Waals surface area contributed by atoms with Gasteiger partial charge in [0, 0.05) is 30.4 Å². The van der Waals surface area contributed by atoms with Crippen LogP contribution in [0.5, 0.6) is 11.5 Å². The largest absolute Gasteiger partial charge is 0.490 e. The maximum absolute atomic E-state index is 13.2. The molecule has 1 aliphatic rings. The molecule has 2 aromatic carbocycles. The number of rotatable bonds is 3. The lowest BCUT2D eigenvalue weighted by Gasteiger charge is -2.08. The molecule has 0 N–H and O–H groups in total. The maximum Gasteiger partial charge on any atom is 0.293 e. The summed E-state index contributed by atoms with van der Waals surface area (Å²) in [4.78, 5) is 32.9. The second kappa shape index (κ2) is 7.66. The molecule has 0 aliphatic carbocycles. The zero-order valence-electron chi connectivity index (χ0n) is 17.6. The molecule has 0 bridgehead atoms. The minimum absolute atomic E-state index is 0.171. The molecule has 11 nitrogen and oxygen atoms in total. The standard InChI is InChI=1S/C23H16N6O5/c30-22-15-13-24-23-25-21(14-6-7-19-20(12-14)34-11-3-10-33-19)26-28(23)16(15)8-9-27(22)17-4-1-2-5-18(17)29(31)32/h1-2,4-9,12-13H,3,10-11H2. The zero-order chi connectivity index (χ0) is 23.2. The third-order valence-electron chi connectivity index (χ3n) is 5.58. The first-order valence-electron chi connectivity index (χ1n) is 10.5. The molecule has 11 heteroatoms. The highest BCUT2D eigenvalue weighted by atomic mass is 16.6. The van der Waals surface area contributed by atoms with Crippen molar-refractivity contribution in [2.45, 2.75) is 6.42 Å². The number of fused-ring (bicyclic) bond motifs is 4. The van der Waals surface area contributed by atoms with E-state index in [0.29, 0.717) is 41.8 Å². The van der Waals surface area contributed by atoms with E-state index in [1.165, 1.54) is 33.6 Å². The molecule has 0 fully saturated rings. The molecular weight excluding hydrogens is 440 g/mol. The zero-order valence-corrected chi connectivity index (χ0v) is 17.6. The van der Waals surface area contributed by atoms with Crippen molar-refractivity contribution in [3.8, 4) is 28.6 Å². The van der Waals surface area contributed by atoms with Crippen LogP contribution in [0.2, 0.25) is 0 Å². The van der Waals surface area contributed by atoms with Gasteiger partial charge in [-0.1, -0.05) is 12.1 Å². The van der Waals surface area contributed by atoms with Gasteiger partial charge in [0.25, 0.3) is 17.0 Å². The number of para-hydroxylation sites is 2. The molecule has 0 saturated carbocycles. The Hall–Kier alpha value is -4.80. The maximum atomic E-state index is 13.2. The lowest BCUT2D eigenvalue weighted by Crippen LogP contribution is -2.19. The number of pyridine rings is 1. The summed E-state index contributed by atoms with van der Waals surface area (Å²) in [5, 5.41) is 16.2.